The topological polar surface area (TPSA) is 38.5 Å². The molecule has 1 fully saturated rings. The maximum Gasteiger partial charge on any atom is 0.0678 e. The summed E-state index contributed by atoms with van der Waals surface area (Å²) >= 11 is 0. The number of aryl methyl sites for hydroxylation is 1. The van der Waals surface area contributed by atoms with E-state index in [1.165, 1.54) is 11.1 Å². The fourth-order valence-corrected chi connectivity index (χ4v) is 3.25. The highest BCUT2D eigenvalue weighted by molar-refractivity contribution is 5.26. The van der Waals surface area contributed by atoms with Crippen molar-refractivity contribution in [2.45, 2.75) is 58.4 Å². The number of ether oxygens (including phenoxy) is 1. The van der Waals surface area contributed by atoms with E-state index in [0.29, 0.717) is 0 Å². The minimum atomic E-state index is 0.161. The van der Waals surface area contributed by atoms with E-state index in [-0.39, 0.29) is 24.3 Å². The van der Waals surface area contributed by atoms with Gasteiger partial charge in [0.05, 0.1) is 18.2 Å². The van der Waals surface area contributed by atoms with Gasteiger partial charge in [-0.25, -0.2) is 0 Å². The Labute approximate surface area is 123 Å². The van der Waals surface area contributed by atoms with Gasteiger partial charge in [0.2, 0.25) is 0 Å². The summed E-state index contributed by atoms with van der Waals surface area (Å²) in [5.41, 5.74) is 9.07. The standard InChI is InChI=1S/C17H28N2O/c1-5-16(18)17(15-8-6-7-12(2)9-15)19-10-13(3)20-14(4)11-19/h6-9,13-14,16-17H,5,10-11,18H2,1-4H3. The highest BCUT2D eigenvalue weighted by atomic mass is 16.5. The zero-order valence-electron chi connectivity index (χ0n) is 13.2. The summed E-state index contributed by atoms with van der Waals surface area (Å²) in [7, 11) is 0. The average Bonchev–Trinajstić information content (AvgIpc) is 2.37. The Bertz CT molecular complexity index is 425. The minimum absolute atomic E-state index is 0.161. The van der Waals surface area contributed by atoms with Crippen LogP contribution in [0, 0.1) is 6.92 Å². The van der Waals surface area contributed by atoms with E-state index in [9.17, 15) is 0 Å². The quantitative estimate of drug-likeness (QED) is 0.919. The third-order valence-electron chi connectivity index (χ3n) is 4.10. The van der Waals surface area contributed by atoms with Crippen LogP contribution >= 0.6 is 0 Å². The molecule has 1 aromatic carbocycles. The van der Waals surface area contributed by atoms with Crippen molar-refractivity contribution in [3.63, 3.8) is 0 Å². The molecule has 2 N–H and O–H groups in total. The summed E-state index contributed by atoms with van der Waals surface area (Å²) in [6.07, 6.45) is 1.53. The molecule has 0 aliphatic carbocycles. The van der Waals surface area contributed by atoms with Gasteiger partial charge in [-0.3, -0.25) is 4.90 Å². The number of hydrogen-bond donors (Lipinski definition) is 1. The summed E-state index contributed by atoms with van der Waals surface area (Å²) in [4.78, 5) is 2.50. The monoisotopic (exact) mass is 276 g/mol. The van der Waals surface area contributed by atoms with E-state index in [4.69, 9.17) is 10.5 Å². The van der Waals surface area contributed by atoms with Crippen LogP contribution in [0.25, 0.3) is 0 Å². The number of rotatable bonds is 4. The Morgan fingerprint density at radius 1 is 1.30 bits per heavy atom. The average molecular weight is 276 g/mol. The number of morpholine rings is 1. The van der Waals surface area contributed by atoms with Crippen LogP contribution in [0.15, 0.2) is 24.3 Å². The third-order valence-corrected chi connectivity index (χ3v) is 4.10. The molecule has 1 heterocycles. The van der Waals surface area contributed by atoms with Crippen molar-refractivity contribution in [3.8, 4) is 0 Å². The summed E-state index contributed by atoms with van der Waals surface area (Å²) in [5, 5.41) is 0. The van der Waals surface area contributed by atoms with Gasteiger partial charge in [0, 0.05) is 19.1 Å². The summed E-state index contributed by atoms with van der Waals surface area (Å²) in [6, 6.07) is 9.20. The number of nitrogens with zero attached hydrogens (tertiary/aromatic N) is 1. The lowest BCUT2D eigenvalue weighted by Crippen LogP contribution is -2.51. The molecule has 112 valence electrons. The number of benzene rings is 1. The second-order valence-corrected chi connectivity index (χ2v) is 6.14. The predicted octanol–water partition coefficient (Wildman–Crippen LogP) is 2.88. The maximum absolute atomic E-state index is 6.44. The first-order chi connectivity index (χ1) is 9.51. The van der Waals surface area contributed by atoms with E-state index in [2.05, 4.69) is 56.9 Å². The van der Waals surface area contributed by atoms with Crippen LogP contribution in [-0.2, 0) is 4.74 Å². The van der Waals surface area contributed by atoms with Gasteiger partial charge in [0.1, 0.15) is 0 Å². The molecule has 0 radical (unpaired) electrons. The zero-order valence-corrected chi connectivity index (χ0v) is 13.2. The highest BCUT2D eigenvalue weighted by Crippen LogP contribution is 2.28. The van der Waals surface area contributed by atoms with Crippen LogP contribution in [0.4, 0.5) is 0 Å². The molecule has 0 amide bonds. The Balaban J connectivity index is 2.27. The van der Waals surface area contributed by atoms with Crippen molar-refractivity contribution in [3.05, 3.63) is 35.4 Å². The van der Waals surface area contributed by atoms with E-state index in [0.717, 1.165) is 19.5 Å². The fourth-order valence-electron chi connectivity index (χ4n) is 3.25. The molecule has 20 heavy (non-hydrogen) atoms. The van der Waals surface area contributed by atoms with E-state index in [1.807, 2.05) is 0 Å². The molecular formula is C17H28N2O. The normalized spacial score (nSPS) is 27.2. The Hall–Kier alpha value is -0.900. The highest BCUT2D eigenvalue weighted by Gasteiger charge is 2.31. The first-order valence-electron chi connectivity index (χ1n) is 7.73. The Morgan fingerprint density at radius 2 is 1.95 bits per heavy atom. The molecule has 0 bridgehead atoms. The molecule has 3 nitrogen and oxygen atoms in total. The molecule has 4 atom stereocenters. The van der Waals surface area contributed by atoms with Crippen molar-refractivity contribution < 1.29 is 4.74 Å². The van der Waals surface area contributed by atoms with Crippen LogP contribution in [0.5, 0.6) is 0 Å². The second kappa shape index (κ2) is 6.70. The van der Waals surface area contributed by atoms with Gasteiger partial charge in [-0.1, -0.05) is 36.8 Å². The summed E-state index contributed by atoms with van der Waals surface area (Å²) in [5.74, 6) is 0. The molecule has 0 aromatic heterocycles. The predicted molar refractivity (Wildman–Crippen MR) is 83.8 cm³/mol. The third kappa shape index (κ3) is 3.60. The molecule has 1 saturated heterocycles. The van der Waals surface area contributed by atoms with Gasteiger partial charge in [0.15, 0.2) is 0 Å². The molecule has 1 aromatic rings. The molecular weight excluding hydrogens is 248 g/mol. The largest absolute Gasteiger partial charge is 0.373 e. The molecule has 1 aliphatic rings. The van der Waals surface area contributed by atoms with Gasteiger partial charge in [-0.05, 0) is 32.8 Å². The van der Waals surface area contributed by atoms with Crippen molar-refractivity contribution >= 4 is 0 Å². The molecule has 4 unspecified atom stereocenters. The van der Waals surface area contributed by atoms with Gasteiger partial charge in [-0.2, -0.15) is 0 Å². The lowest BCUT2D eigenvalue weighted by Gasteiger charge is -2.42. The fraction of sp³-hybridized carbons (Fsp3) is 0.647. The molecule has 1 aliphatic heterocycles. The van der Waals surface area contributed by atoms with E-state index in [1.54, 1.807) is 0 Å². The van der Waals surface area contributed by atoms with E-state index < -0.39 is 0 Å². The first kappa shape index (κ1) is 15.5. The molecule has 3 heteroatoms. The van der Waals surface area contributed by atoms with Gasteiger partial charge < -0.3 is 10.5 Å². The summed E-state index contributed by atoms with van der Waals surface area (Å²) < 4.78 is 5.86. The number of nitrogens with two attached hydrogens (primary N) is 1. The lowest BCUT2D eigenvalue weighted by atomic mass is 9.94. The van der Waals surface area contributed by atoms with Gasteiger partial charge >= 0.3 is 0 Å². The first-order valence-corrected chi connectivity index (χ1v) is 7.73. The maximum atomic E-state index is 6.44. The van der Waals surface area contributed by atoms with E-state index >= 15 is 0 Å². The van der Waals surface area contributed by atoms with Crippen LogP contribution in [0.1, 0.15) is 44.4 Å². The van der Waals surface area contributed by atoms with Crippen molar-refractivity contribution in [2.75, 3.05) is 13.1 Å². The SMILES string of the molecule is CCC(N)C(c1cccc(C)c1)N1CC(C)OC(C)C1. The summed E-state index contributed by atoms with van der Waals surface area (Å²) in [6.45, 7) is 10.5. The van der Waals surface area contributed by atoms with Crippen LogP contribution in [0.3, 0.4) is 0 Å². The van der Waals surface area contributed by atoms with Crippen molar-refractivity contribution in [1.29, 1.82) is 0 Å². The number of hydrogen-bond acceptors (Lipinski definition) is 3. The van der Waals surface area contributed by atoms with Crippen LogP contribution < -0.4 is 5.73 Å². The van der Waals surface area contributed by atoms with Crippen LogP contribution in [0.2, 0.25) is 0 Å². The van der Waals surface area contributed by atoms with Crippen molar-refractivity contribution in [1.82, 2.24) is 4.90 Å². The van der Waals surface area contributed by atoms with Crippen molar-refractivity contribution in [2.24, 2.45) is 5.73 Å². The second-order valence-electron chi connectivity index (χ2n) is 6.14. The lowest BCUT2D eigenvalue weighted by molar-refractivity contribution is -0.0838. The minimum Gasteiger partial charge on any atom is -0.373 e. The van der Waals surface area contributed by atoms with Gasteiger partial charge in [0.25, 0.3) is 0 Å². The van der Waals surface area contributed by atoms with Crippen LogP contribution in [-0.4, -0.2) is 36.2 Å². The Kier molecular flexibility index (Phi) is 5.19. The van der Waals surface area contributed by atoms with Gasteiger partial charge in [-0.15, -0.1) is 0 Å². The zero-order chi connectivity index (χ0) is 14.7. The molecule has 2 rings (SSSR count). The Morgan fingerprint density at radius 3 is 2.50 bits per heavy atom. The molecule has 0 spiro atoms. The smallest absolute Gasteiger partial charge is 0.0678 e. The molecule has 0 saturated carbocycles.